The summed E-state index contributed by atoms with van der Waals surface area (Å²) in [5.41, 5.74) is 2.07. The number of benzene rings is 2. The first-order valence-corrected chi connectivity index (χ1v) is 10.7. The van der Waals surface area contributed by atoms with Gasteiger partial charge in [-0.3, -0.25) is 9.48 Å². The van der Waals surface area contributed by atoms with Gasteiger partial charge < -0.3 is 10.1 Å². The molecule has 2 heterocycles. The fraction of sp³-hybridized carbons (Fsp3) is 0.136. The highest BCUT2D eigenvalue weighted by molar-refractivity contribution is 6.42. The second kappa shape index (κ2) is 9.65. The highest BCUT2D eigenvalue weighted by Gasteiger charge is 2.13. The number of carbonyl (C=O) groups is 1. The molecule has 32 heavy (non-hydrogen) atoms. The Morgan fingerprint density at radius 3 is 2.66 bits per heavy atom. The lowest BCUT2D eigenvalue weighted by molar-refractivity contribution is 0.101. The molecule has 0 bridgehead atoms. The Bertz CT molecular complexity index is 1270. The van der Waals surface area contributed by atoms with E-state index in [-0.39, 0.29) is 18.3 Å². The van der Waals surface area contributed by atoms with Crippen LogP contribution < -0.4 is 10.1 Å². The quantitative estimate of drug-likeness (QED) is 0.361. The summed E-state index contributed by atoms with van der Waals surface area (Å²) >= 11 is 18.0. The Morgan fingerprint density at radius 1 is 1.03 bits per heavy atom. The maximum Gasteiger partial charge on any atom is 0.277 e. The molecule has 0 aliphatic heterocycles. The van der Waals surface area contributed by atoms with Crippen LogP contribution in [0.5, 0.6) is 5.75 Å². The number of amides is 1. The molecule has 0 saturated carbocycles. The molecule has 1 N–H and O–H groups in total. The van der Waals surface area contributed by atoms with Crippen LogP contribution in [0.25, 0.3) is 0 Å². The highest BCUT2D eigenvalue weighted by atomic mass is 35.5. The maximum atomic E-state index is 12.6. The van der Waals surface area contributed by atoms with Crippen molar-refractivity contribution in [2.75, 3.05) is 5.32 Å². The van der Waals surface area contributed by atoms with Crippen LogP contribution in [0.1, 0.15) is 21.7 Å². The first-order valence-electron chi connectivity index (χ1n) is 9.59. The Labute approximate surface area is 199 Å². The van der Waals surface area contributed by atoms with Crippen LogP contribution in [0.4, 0.5) is 5.82 Å². The maximum absolute atomic E-state index is 12.6. The molecule has 0 unspecified atom stereocenters. The summed E-state index contributed by atoms with van der Waals surface area (Å²) in [5.74, 6) is 0.671. The molecule has 10 heteroatoms. The van der Waals surface area contributed by atoms with E-state index in [4.69, 9.17) is 39.5 Å². The molecule has 7 nitrogen and oxygen atoms in total. The number of aryl methyl sites for hydroxylation is 1. The fourth-order valence-electron chi connectivity index (χ4n) is 2.97. The molecule has 0 spiro atoms. The SMILES string of the molecule is Cc1cc(NC(=O)c2ccn(COc3cccc(Cl)c3)n2)nn1Cc1ccc(Cl)c(Cl)c1. The van der Waals surface area contributed by atoms with E-state index in [0.717, 1.165) is 11.3 Å². The minimum absolute atomic E-state index is 0.144. The number of rotatable bonds is 7. The Kier molecular flexibility index (Phi) is 6.69. The molecule has 164 valence electrons. The van der Waals surface area contributed by atoms with Crippen LogP contribution in [0.2, 0.25) is 15.1 Å². The van der Waals surface area contributed by atoms with Crippen molar-refractivity contribution in [3.05, 3.63) is 92.8 Å². The van der Waals surface area contributed by atoms with Crippen molar-refractivity contribution in [3.63, 3.8) is 0 Å². The smallest absolute Gasteiger partial charge is 0.277 e. The van der Waals surface area contributed by atoms with Crippen molar-refractivity contribution in [1.29, 1.82) is 0 Å². The van der Waals surface area contributed by atoms with Gasteiger partial charge in [0.2, 0.25) is 0 Å². The van der Waals surface area contributed by atoms with E-state index in [1.54, 1.807) is 59.4 Å². The standard InChI is InChI=1S/C22H18Cl3N5O2/c1-14-9-21(28-30(14)12-15-5-6-18(24)19(25)10-15)26-22(31)20-7-8-29(27-20)13-32-17-4-2-3-16(23)11-17/h2-11H,12-13H2,1H3,(H,26,28,31). The number of carbonyl (C=O) groups excluding carboxylic acids is 1. The van der Waals surface area contributed by atoms with Crippen LogP contribution in [-0.4, -0.2) is 25.5 Å². The number of ether oxygens (including phenoxy) is 1. The van der Waals surface area contributed by atoms with Gasteiger partial charge in [-0.05, 0) is 48.9 Å². The second-order valence-corrected chi connectivity index (χ2v) is 8.25. The predicted octanol–water partition coefficient (Wildman–Crippen LogP) is 5.69. The fourth-order valence-corrected chi connectivity index (χ4v) is 3.48. The first-order chi connectivity index (χ1) is 15.4. The number of hydrogen-bond donors (Lipinski definition) is 1. The van der Waals surface area contributed by atoms with Crippen molar-refractivity contribution in [1.82, 2.24) is 19.6 Å². The molecule has 0 fully saturated rings. The van der Waals surface area contributed by atoms with E-state index < -0.39 is 0 Å². The average molecular weight is 491 g/mol. The molecule has 0 saturated heterocycles. The average Bonchev–Trinajstić information content (AvgIpc) is 3.36. The summed E-state index contributed by atoms with van der Waals surface area (Å²) in [7, 11) is 0. The topological polar surface area (TPSA) is 74.0 Å². The van der Waals surface area contributed by atoms with Gasteiger partial charge in [-0.1, -0.05) is 46.9 Å². The van der Waals surface area contributed by atoms with Gasteiger partial charge in [0, 0.05) is 23.0 Å². The lowest BCUT2D eigenvalue weighted by atomic mass is 10.2. The van der Waals surface area contributed by atoms with Crippen molar-refractivity contribution in [2.24, 2.45) is 0 Å². The number of hydrogen-bond acceptors (Lipinski definition) is 4. The molecule has 2 aromatic carbocycles. The van der Waals surface area contributed by atoms with E-state index in [9.17, 15) is 4.79 Å². The Balaban J connectivity index is 1.38. The van der Waals surface area contributed by atoms with Crippen molar-refractivity contribution >= 4 is 46.5 Å². The molecule has 4 aromatic rings. The molecule has 2 aromatic heterocycles. The number of aromatic nitrogens is 4. The summed E-state index contributed by atoms with van der Waals surface area (Å²) in [6.45, 7) is 2.54. The molecule has 4 rings (SSSR count). The lowest BCUT2D eigenvalue weighted by Crippen LogP contribution is -2.15. The van der Waals surface area contributed by atoms with Crippen LogP contribution in [-0.2, 0) is 13.3 Å². The van der Waals surface area contributed by atoms with E-state index >= 15 is 0 Å². The number of anilines is 1. The van der Waals surface area contributed by atoms with Gasteiger partial charge in [0.15, 0.2) is 18.2 Å². The zero-order valence-electron chi connectivity index (χ0n) is 16.9. The Morgan fingerprint density at radius 2 is 1.88 bits per heavy atom. The van der Waals surface area contributed by atoms with Crippen LogP contribution >= 0.6 is 34.8 Å². The summed E-state index contributed by atoms with van der Waals surface area (Å²) in [6.07, 6.45) is 1.66. The van der Waals surface area contributed by atoms with Gasteiger partial charge in [-0.25, -0.2) is 4.68 Å². The van der Waals surface area contributed by atoms with Gasteiger partial charge in [0.1, 0.15) is 5.75 Å². The zero-order valence-corrected chi connectivity index (χ0v) is 19.2. The molecule has 0 aliphatic carbocycles. The number of halogens is 3. The van der Waals surface area contributed by atoms with Crippen molar-refractivity contribution in [3.8, 4) is 5.75 Å². The normalized spacial score (nSPS) is 10.9. The van der Waals surface area contributed by atoms with Gasteiger partial charge >= 0.3 is 0 Å². The van der Waals surface area contributed by atoms with Crippen molar-refractivity contribution < 1.29 is 9.53 Å². The molecule has 1 amide bonds. The van der Waals surface area contributed by atoms with Gasteiger partial charge in [-0.15, -0.1) is 0 Å². The highest BCUT2D eigenvalue weighted by Crippen LogP contribution is 2.23. The van der Waals surface area contributed by atoms with E-state index in [1.807, 2.05) is 13.0 Å². The third-order valence-corrected chi connectivity index (χ3v) is 5.55. The minimum Gasteiger partial charge on any atom is -0.471 e. The zero-order chi connectivity index (χ0) is 22.7. The van der Waals surface area contributed by atoms with E-state index in [0.29, 0.717) is 33.2 Å². The molecule has 0 aliphatic rings. The van der Waals surface area contributed by atoms with Crippen LogP contribution in [0.3, 0.4) is 0 Å². The number of nitrogens with one attached hydrogen (secondary N) is 1. The van der Waals surface area contributed by atoms with E-state index in [1.165, 1.54) is 4.68 Å². The van der Waals surface area contributed by atoms with Crippen molar-refractivity contribution in [2.45, 2.75) is 20.2 Å². The van der Waals surface area contributed by atoms with Gasteiger partial charge in [0.25, 0.3) is 5.91 Å². The monoisotopic (exact) mass is 489 g/mol. The summed E-state index contributed by atoms with van der Waals surface area (Å²) < 4.78 is 8.91. The largest absolute Gasteiger partial charge is 0.471 e. The van der Waals surface area contributed by atoms with Gasteiger partial charge in [-0.2, -0.15) is 10.2 Å². The Hall–Kier alpha value is -3.00. The molecule has 0 atom stereocenters. The molecular formula is C22H18Cl3N5O2. The third-order valence-electron chi connectivity index (χ3n) is 4.57. The summed E-state index contributed by atoms with van der Waals surface area (Å²) in [6, 6.07) is 15.9. The second-order valence-electron chi connectivity index (χ2n) is 7.00. The summed E-state index contributed by atoms with van der Waals surface area (Å²) in [4.78, 5) is 12.6. The first kappa shape index (κ1) is 22.2. The minimum atomic E-state index is -0.370. The predicted molar refractivity (Wildman–Crippen MR) is 125 cm³/mol. The third kappa shape index (κ3) is 5.43. The summed E-state index contributed by atoms with van der Waals surface area (Å²) in [5, 5.41) is 13.0. The number of nitrogens with zero attached hydrogens (tertiary/aromatic N) is 4. The van der Waals surface area contributed by atoms with Crippen LogP contribution in [0.15, 0.2) is 60.8 Å². The lowest BCUT2D eigenvalue weighted by Gasteiger charge is -2.06. The van der Waals surface area contributed by atoms with E-state index in [2.05, 4.69) is 15.5 Å². The van der Waals surface area contributed by atoms with Gasteiger partial charge in [0.05, 0.1) is 16.6 Å². The molecule has 0 radical (unpaired) electrons. The molecular weight excluding hydrogens is 473 g/mol. The van der Waals surface area contributed by atoms with Crippen LogP contribution in [0, 0.1) is 6.92 Å².